The van der Waals surface area contributed by atoms with Crippen LogP contribution in [0.4, 0.5) is 0 Å². The first-order valence-electron chi connectivity index (χ1n) is 13.2. The summed E-state index contributed by atoms with van der Waals surface area (Å²) in [5.74, 6) is -2.52. The number of benzene rings is 2. The van der Waals surface area contributed by atoms with Crippen LogP contribution < -0.4 is 19.5 Å². The Kier molecular flexibility index (Phi) is 8.82. The van der Waals surface area contributed by atoms with Gasteiger partial charge in [-0.25, -0.2) is 4.79 Å². The van der Waals surface area contributed by atoms with Gasteiger partial charge in [-0.3, -0.25) is 9.59 Å². The summed E-state index contributed by atoms with van der Waals surface area (Å²) in [6.45, 7) is 5.47. The predicted octanol–water partition coefficient (Wildman–Crippen LogP) is 4.43. The molecular weight excluding hydrogens is 514 g/mol. The van der Waals surface area contributed by atoms with Crippen LogP contribution in [0.1, 0.15) is 50.2 Å². The van der Waals surface area contributed by atoms with Crippen LogP contribution in [0.5, 0.6) is 17.2 Å². The summed E-state index contributed by atoms with van der Waals surface area (Å²) in [5.41, 5.74) is 3.07. The zero-order chi connectivity index (χ0) is 29.0. The lowest BCUT2D eigenvalue weighted by molar-refractivity contribution is -0.152. The van der Waals surface area contributed by atoms with E-state index in [9.17, 15) is 14.4 Å². The Bertz CT molecular complexity index is 1380. The maximum absolute atomic E-state index is 14.5. The van der Waals surface area contributed by atoms with Gasteiger partial charge in [0.1, 0.15) is 23.2 Å². The van der Waals surface area contributed by atoms with Crippen molar-refractivity contribution in [2.75, 3.05) is 34.5 Å². The van der Waals surface area contributed by atoms with Crippen LogP contribution in [0.25, 0.3) is 0 Å². The highest BCUT2D eigenvalue weighted by Crippen LogP contribution is 2.50. The van der Waals surface area contributed by atoms with Gasteiger partial charge in [0.2, 0.25) is 0 Å². The molecule has 1 heterocycles. The second-order valence-corrected chi connectivity index (χ2v) is 9.50. The van der Waals surface area contributed by atoms with Crippen molar-refractivity contribution in [3.05, 3.63) is 76.1 Å². The van der Waals surface area contributed by atoms with Gasteiger partial charge in [0.15, 0.2) is 5.78 Å². The molecule has 1 aliphatic heterocycles. The number of esters is 2. The monoisotopic (exact) mass is 549 g/mol. The number of hydrogen-bond acceptors (Lipinski definition) is 9. The van der Waals surface area contributed by atoms with Gasteiger partial charge in [-0.15, -0.1) is 0 Å². The summed E-state index contributed by atoms with van der Waals surface area (Å²) in [6, 6.07) is 12.5. The maximum atomic E-state index is 14.5. The Labute approximate surface area is 234 Å². The normalized spacial score (nSPS) is 20.4. The molecule has 0 saturated carbocycles. The van der Waals surface area contributed by atoms with Crippen LogP contribution in [0, 0.1) is 5.92 Å². The second-order valence-electron chi connectivity index (χ2n) is 9.50. The Hall–Kier alpha value is -4.27. The van der Waals surface area contributed by atoms with Crippen LogP contribution >= 0.6 is 0 Å². The molecule has 0 radical (unpaired) electrons. The van der Waals surface area contributed by atoms with Crippen LogP contribution in [-0.2, 0) is 23.9 Å². The Balaban J connectivity index is 1.96. The zero-order valence-electron chi connectivity index (χ0n) is 23.7. The van der Waals surface area contributed by atoms with Gasteiger partial charge in [-0.05, 0) is 63.1 Å². The first-order chi connectivity index (χ1) is 19.3. The van der Waals surface area contributed by atoms with Crippen molar-refractivity contribution in [2.24, 2.45) is 5.92 Å². The molecule has 3 atom stereocenters. The van der Waals surface area contributed by atoms with Crippen LogP contribution in [0.15, 0.2) is 65.0 Å². The first-order valence-corrected chi connectivity index (χ1v) is 13.2. The maximum Gasteiger partial charge on any atom is 0.336 e. The van der Waals surface area contributed by atoms with Crippen molar-refractivity contribution in [1.82, 2.24) is 5.32 Å². The van der Waals surface area contributed by atoms with Crippen molar-refractivity contribution >= 4 is 17.7 Å². The van der Waals surface area contributed by atoms with E-state index in [1.807, 2.05) is 18.2 Å². The van der Waals surface area contributed by atoms with Crippen molar-refractivity contribution in [1.29, 1.82) is 0 Å². The van der Waals surface area contributed by atoms with Gasteiger partial charge < -0.3 is 29.0 Å². The molecule has 212 valence electrons. The number of hydrogen-bond donors (Lipinski definition) is 1. The van der Waals surface area contributed by atoms with Crippen molar-refractivity contribution < 1.29 is 38.1 Å². The Morgan fingerprint density at radius 2 is 1.62 bits per heavy atom. The molecule has 0 fully saturated rings. The topological polar surface area (TPSA) is 109 Å². The number of nitrogens with one attached hydrogen (secondary N) is 1. The molecule has 1 aliphatic carbocycles. The minimum atomic E-state index is -1.13. The molecule has 0 spiro atoms. The fourth-order valence-electron chi connectivity index (χ4n) is 5.58. The number of dihydropyridines is 1. The third-order valence-electron chi connectivity index (χ3n) is 7.32. The molecule has 2 aromatic rings. The third-order valence-corrected chi connectivity index (χ3v) is 7.32. The van der Waals surface area contributed by atoms with E-state index in [2.05, 4.69) is 5.32 Å². The van der Waals surface area contributed by atoms with Crippen molar-refractivity contribution in [3.8, 4) is 17.2 Å². The number of methoxy groups -OCH3 is 3. The highest BCUT2D eigenvalue weighted by molar-refractivity contribution is 6.13. The van der Waals surface area contributed by atoms with Gasteiger partial charge in [0.05, 0.1) is 46.0 Å². The third kappa shape index (κ3) is 5.28. The van der Waals surface area contributed by atoms with Gasteiger partial charge in [0, 0.05) is 28.4 Å². The van der Waals surface area contributed by atoms with Crippen LogP contribution in [-0.4, -0.2) is 52.3 Å². The van der Waals surface area contributed by atoms with Crippen LogP contribution in [0.3, 0.4) is 0 Å². The smallest absolute Gasteiger partial charge is 0.336 e. The highest BCUT2D eigenvalue weighted by atomic mass is 16.5. The molecule has 0 unspecified atom stereocenters. The number of allylic oxidation sites excluding steroid dienone is 3. The van der Waals surface area contributed by atoms with E-state index in [4.69, 9.17) is 23.7 Å². The SMILES string of the molecule is CCOC(=O)C1=C(C)NC2=C(C(=O)[C@@H](C(=O)OCC)[C@H](c3cccc(OC)c3)C2)[C@@H]1c1cc(OC)ccc1OC. The van der Waals surface area contributed by atoms with E-state index >= 15 is 0 Å². The van der Waals surface area contributed by atoms with E-state index in [1.165, 1.54) is 14.2 Å². The molecule has 0 bridgehead atoms. The fourth-order valence-corrected chi connectivity index (χ4v) is 5.58. The van der Waals surface area contributed by atoms with Crippen molar-refractivity contribution in [3.63, 3.8) is 0 Å². The molecular formula is C31H35NO8. The second kappa shape index (κ2) is 12.3. The summed E-state index contributed by atoms with van der Waals surface area (Å²) in [6.07, 6.45) is 0.327. The molecule has 9 heteroatoms. The number of ketones is 1. The Morgan fingerprint density at radius 1 is 0.925 bits per heavy atom. The average Bonchev–Trinajstić information content (AvgIpc) is 2.96. The quantitative estimate of drug-likeness (QED) is 0.359. The summed E-state index contributed by atoms with van der Waals surface area (Å²) in [7, 11) is 4.62. The Morgan fingerprint density at radius 3 is 2.27 bits per heavy atom. The van der Waals surface area contributed by atoms with E-state index in [0.29, 0.717) is 46.2 Å². The summed E-state index contributed by atoms with van der Waals surface area (Å²) in [4.78, 5) is 41.3. The first kappa shape index (κ1) is 28.7. The molecule has 0 aromatic heterocycles. The molecule has 2 aromatic carbocycles. The number of ether oxygens (including phenoxy) is 5. The van der Waals surface area contributed by atoms with Crippen molar-refractivity contribution in [2.45, 2.75) is 39.0 Å². The zero-order valence-corrected chi connectivity index (χ0v) is 23.7. The standard InChI is InChI=1S/C31H35NO8/c1-7-39-30(34)25-17(3)32-23-16-21(18-10-9-11-19(14-18)36-4)27(31(35)40-8-2)29(33)28(23)26(25)22-15-20(37-5)12-13-24(22)38-6/h9-15,21,26-27,32H,7-8,16H2,1-6H3/t21-,26+,27-/m0/s1. The number of Topliss-reactive ketones (excluding diaryl/α,β-unsaturated/α-hetero) is 1. The summed E-state index contributed by atoms with van der Waals surface area (Å²) < 4.78 is 27.4. The lowest BCUT2D eigenvalue weighted by atomic mass is 9.67. The van der Waals surface area contributed by atoms with E-state index in [-0.39, 0.29) is 18.8 Å². The minimum Gasteiger partial charge on any atom is -0.497 e. The molecule has 2 aliphatic rings. The average molecular weight is 550 g/mol. The van der Waals surface area contributed by atoms with Gasteiger partial charge >= 0.3 is 11.9 Å². The van der Waals surface area contributed by atoms with Crippen LogP contribution in [0.2, 0.25) is 0 Å². The van der Waals surface area contributed by atoms with Gasteiger partial charge in [-0.1, -0.05) is 12.1 Å². The predicted molar refractivity (Wildman–Crippen MR) is 147 cm³/mol. The minimum absolute atomic E-state index is 0.123. The highest BCUT2D eigenvalue weighted by Gasteiger charge is 2.49. The largest absolute Gasteiger partial charge is 0.497 e. The summed E-state index contributed by atoms with van der Waals surface area (Å²) >= 11 is 0. The fraction of sp³-hybridized carbons (Fsp3) is 0.387. The lowest BCUT2D eigenvalue weighted by Gasteiger charge is -2.39. The summed E-state index contributed by atoms with van der Waals surface area (Å²) in [5, 5.41) is 3.31. The molecule has 9 nitrogen and oxygen atoms in total. The molecule has 4 rings (SSSR count). The molecule has 0 amide bonds. The molecule has 40 heavy (non-hydrogen) atoms. The number of rotatable bonds is 9. The van der Waals surface area contributed by atoms with Gasteiger partial charge in [-0.2, -0.15) is 0 Å². The molecule has 0 saturated heterocycles. The van der Waals surface area contributed by atoms with Gasteiger partial charge in [0.25, 0.3) is 0 Å². The van der Waals surface area contributed by atoms with E-state index in [0.717, 1.165) is 5.56 Å². The van der Waals surface area contributed by atoms with E-state index < -0.39 is 35.5 Å². The molecule has 1 N–H and O–H groups in total. The number of carbonyl (C=O) groups is 3. The lowest BCUT2D eigenvalue weighted by Crippen LogP contribution is -2.43. The van der Waals surface area contributed by atoms with E-state index in [1.54, 1.807) is 52.1 Å². The number of carbonyl (C=O) groups excluding carboxylic acids is 3.